The molecule has 6 heteroatoms. The van der Waals surface area contributed by atoms with Gasteiger partial charge in [-0.25, -0.2) is 9.80 Å². The number of amides is 2. The van der Waals surface area contributed by atoms with Crippen molar-refractivity contribution >= 4 is 34.9 Å². The molecule has 0 unspecified atom stereocenters. The van der Waals surface area contributed by atoms with Gasteiger partial charge in [0.1, 0.15) is 0 Å². The number of nitrogens with one attached hydrogen (secondary N) is 2. The van der Waals surface area contributed by atoms with Crippen molar-refractivity contribution < 1.29 is 4.79 Å². The van der Waals surface area contributed by atoms with E-state index in [-0.39, 0.29) is 6.03 Å². The molecule has 0 aromatic heterocycles. The zero-order valence-corrected chi connectivity index (χ0v) is 13.1. The van der Waals surface area contributed by atoms with Crippen molar-refractivity contribution in [3.05, 3.63) is 28.2 Å². The van der Waals surface area contributed by atoms with E-state index in [1.807, 2.05) is 5.01 Å². The maximum Gasteiger partial charge on any atom is 0.333 e. The Balaban J connectivity index is 1.96. The molecule has 4 nitrogen and oxygen atoms in total. The van der Waals surface area contributed by atoms with Crippen molar-refractivity contribution in [2.75, 3.05) is 5.32 Å². The number of benzene rings is 1. The van der Waals surface area contributed by atoms with Crippen LogP contribution in [0, 0.1) is 0 Å². The first kappa shape index (κ1) is 15.4. The van der Waals surface area contributed by atoms with E-state index in [9.17, 15) is 4.79 Å². The summed E-state index contributed by atoms with van der Waals surface area (Å²) < 4.78 is 0. The van der Waals surface area contributed by atoms with Crippen LogP contribution in [0.3, 0.4) is 0 Å². The molecule has 0 radical (unpaired) electrons. The van der Waals surface area contributed by atoms with Crippen LogP contribution in [0.1, 0.15) is 33.1 Å². The predicted molar refractivity (Wildman–Crippen MR) is 83.2 cm³/mol. The number of rotatable bonds is 2. The van der Waals surface area contributed by atoms with Gasteiger partial charge in [-0.1, -0.05) is 29.6 Å². The van der Waals surface area contributed by atoms with Crippen LogP contribution in [0.2, 0.25) is 10.0 Å². The summed E-state index contributed by atoms with van der Waals surface area (Å²) in [5.41, 5.74) is 3.53. The Morgan fingerprint density at radius 2 is 1.85 bits per heavy atom. The molecule has 1 aliphatic heterocycles. The first-order valence-electron chi connectivity index (χ1n) is 6.78. The predicted octanol–water partition coefficient (Wildman–Crippen LogP) is 4.29. The number of carbonyl (C=O) groups is 1. The summed E-state index contributed by atoms with van der Waals surface area (Å²) in [5.74, 6) is 0. The molecule has 0 spiro atoms. The van der Waals surface area contributed by atoms with Gasteiger partial charge in [-0.2, -0.15) is 0 Å². The van der Waals surface area contributed by atoms with Gasteiger partial charge in [0.05, 0.1) is 10.0 Å². The average molecular weight is 316 g/mol. The molecule has 2 N–H and O–H groups in total. The molecular formula is C14H19Cl2N3O. The van der Waals surface area contributed by atoms with Crippen molar-refractivity contribution in [1.82, 2.24) is 10.4 Å². The molecular weight excluding hydrogens is 297 g/mol. The standard InChI is InChI=1S/C14H19Cl2N3O/c1-9-4-3-5-10(2)19(9)18-14(20)17-11-6-7-12(15)13(16)8-11/h6-10H,3-5H2,1-2H3,(H2,17,18,20)/t9-,10+. The number of hydrogen-bond acceptors (Lipinski definition) is 2. The first-order chi connectivity index (χ1) is 9.47. The number of urea groups is 1. The average Bonchev–Trinajstić information content (AvgIpc) is 2.38. The van der Waals surface area contributed by atoms with Gasteiger partial charge in [0.2, 0.25) is 0 Å². The molecule has 2 amide bonds. The lowest BCUT2D eigenvalue weighted by atomic mass is 10.00. The Morgan fingerprint density at radius 3 is 2.45 bits per heavy atom. The number of hydrogen-bond donors (Lipinski definition) is 2. The lowest BCUT2D eigenvalue weighted by molar-refractivity contribution is 0.0625. The highest BCUT2D eigenvalue weighted by Gasteiger charge is 2.26. The van der Waals surface area contributed by atoms with Gasteiger partial charge in [-0.15, -0.1) is 0 Å². The fourth-order valence-corrected chi connectivity index (χ4v) is 2.79. The van der Waals surface area contributed by atoms with Gasteiger partial charge in [0.25, 0.3) is 0 Å². The van der Waals surface area contributed by atoms with E-state index < -0.39 is 0 Å². The number of hydrazine groups is 1. The summed E-state index contributed by atoms with van der Waals surface area (Å²) >= 11 is 11.8. The van der Waals surface area contributed by atoms with Crippen LogP contribution in [0.25, 0.3) is 0 Å². The summed E-state index contributed by atoms with van der Waals surface area (Å²) in [6, 6.07) is 5.44. The van der Waals surface area contributed by atoms with E-state index in [1.54, 1.807) is 18.2 Å². The highest BCUT2D eigenvalue weighted by atomic mass is 35.5. The van der Waals surface area contributed by atoms with Gasteiger partial charge in [0, 0.05) is 17.8 Å². The Hall–Kier alpha value is -0.970. The zero-order valence-electron chi connectivity index (χ0n) is 11.6. The van der Waals surface area contributed by atoms with Crippen molar-refractivity contribution in [2.45, 2.75) is 45.2 Å². The number of anilines is 1. The van der Waals surface area contributed by atoms with Crippen LogP contribution >= 0.6 is 23.2 Å². The number of nitrogens with zero attached hydrogens (tertiary/aromatic N) is 1. The summed E-state index contributed by atoms with van der Waals surface area (Å²) in [6.45, 7) is 4.24. The van der Waals surface area contributed by atoms with E-state index >= 15 is 0 Å². The summed E-state index contributed by atoms with van der Waals surface area (Å²) in [6.07, 6.45) is 3.39. The van der Waals surface area contributed by atoms with Gasteiger partial charge in [-0.3, -0.25) is 5.43 Å². The van der Waals surface area contributed by atoms with Crippen LogP contribution in [0.5, 0.6) is 0 Å². The fourth-order valence-electron chi connectivity index (χ4n) is 2.49. The maximum absolute atomic E-state index is 12.0. The zero-order chi connectivity index (χ0) is 14.7. The number of carbonyl (C=O) groups excluding carboxylic acids is 1. The minimum absolute atomic E-state index is 0.260. The molecule has 0 aliphatic carbocycles. The van der Waals surface area contributed by atoms with E-state index in [0.717, 1.165) is 12.8 Å². The second-order valence-electron chi connectivity index (χ2n) is 5.23. The monoisotopic (exact) mass is 315 g/mol. The van der Waals surface area contributed by atoms with Gasteiger partial charge in [0.15, 0.2) is 0 Å². The number of halogens is 2. The quantitative estimate of drug-likeness (QED) is 0.855. The Bertz CT molecular complexity index is 485. The third-order valence-corrected chi connectivity index (χ3v) is 4.34. The lowest BCUT2D eigenvalue weighted by Gasteiger charge is -2.38. The molecule has 1 aromatic carbocycles. The van der Waals surface area contributed by atoms with Crippen LogP contribution in [-0.4, -0.2) is 23.1 Å². The molecule has 0 bridgehead atoms. The summed E-state index contributed by atoms with van der Waals surface area (Å²) in [5, 5.41) is 5.66. The van der Waals surface area contributed by atoms with Crippen LogP contribution < -0.4 is 10.7 Å². The molecule has 0 saturated carbocycles. The van der Waals surface area contributed by atoms with Crippen molar-refractivity contribution in [2.24, 2.45) is 0 Å². The second-order valence-corrected chi connectivity index (χ2v) is 6.05. The van der Waals surface area contributed by atoms with Gasteiger partial charge >= 0.3 is 6.03 Å². The molecule has 1 aliphatic rings. The minimum atomic E-state index is -0.260. The van der Waals surface area contributed by atoms with E-state index in [2.05, 4.69) is 24.6 Å². The first-order valence-corrected chi connectivity index (χ1v) is 7.54. The maximum atomic E-state index is 12.0. The molecule has 1 fully saturated rings. The highest BCUT2D eigenvalue weighted by molar-refractivity contribution is 6.42. The fraction of sp³-hybridized carbons (Fsp3) is 0.500. The Morgan fingerprint density at radius 1 is 1.20 bits per heavy atom. The van der Waals surface area contributed by atoms with Crippen LogP contribution in [0.15, 0.2) is 18.2 Å². The van der Waals surface area contributed by atoms with Crippen LogP contribution in [-0.2, 0) is 0 Å². The minimum Gasteiger partial charge on any atom is -0.307 e. The van der Waals surface area contributed by atoms with Crippen molar-refractivity contribution in [3.8, 4) is 0 Å². The van der Waals surface area contributed by atoms with Gasteiger partial charge < -0.3 is 5.32 Å². The largest absolute Gasteiger partial charge is 0.333 e. The van der Waals surface area contributed by atoms with Crippen LogP contribution in [0.4, 0.5) is 10.5 Å². The van der Waals surface area contributed by atoms with Crippen molar-refractivity contribution in [1.29, 1.82) is 0 Å². The summed E-state index contributed by atoms with van der Waals surface area (Å²) in [7, 11) is 0. The molecule has 1 saturated heterocycles. The topological polar surface area (TPSA) is 44.4 Å². The summed E-state index contributed by atoms with van der Waals surface area (Å²) in [4.78, 5) is 12.0. The molecule has 1 heterocycles. The third kappa shape index (κ3) is 3.78. The second kappa shape index (κ2) is 6.66. The molecule has 20 heavy (non-hydrogen) atoms. The Kier molecular flexibility index (Phi) is 5.13. The van der Waals surface area contributed by atoms with Gasteiger partial charge in [-0.05, 0) is 44.9 Å². The molecule has 110 valence electrons. The third-order valence-electron chi connectivity index (χ3n) is 3.60. The van der Waals surface area contributed by atoms with E-state index in [1.165, 1.54) is 6.42 Å². The van der Waals surface area contributed by atoms with E-state index in [4.69, 9.17) is 23.2 Å². The normalized spacial score (nSPS) is 23.4. The molecule has 1 aromatic rings. The lowest BCUT2D eigenvalue weighted by Crippen LogP contribution is -2.55. The number of piperidine rings is 1. The Labute approximate surface area is 129 Å². The molecule has 2 atom stereocenters. The highest BCUT2D eigenvalue weighted by Crippen LogP contribution is 2.25. The molecule has 2 rings (SSSR count). The SMILES string of the molecule is C[C@@H]1CCC[C@H](C)N1NC(=O)Nc1ccc(Cl)c(Cl)c1. The smallest absolute Gasteiger partial charge is 0.307 e. The van der Waals surface area contributed by atoms with E-state index in [0.29, 0.717) is 27.8 Å². The van der Waals surface area contributed by atoms with Crippen molar-refractivity contribution in [3.63, 3.8) is 0 Å².